The number of aromatic nitrogens is 3. The third-order valence-corrected chi connectivity index (χ3v) is 4.79. The van der Waals surface area contributed by atoms with E-state index < -0.39 is 11.7 Å². The fourth-order valence-electron chi connectivity index (χ4n) is 3.13. The summed E-state index contributed by atoms with van der Waals surface area (Å²) < 4.78 is 46.1. The van der Waals surface area contributed by atoms with Crippen LogP contribution in [-0.4, -0.2) is 38.1 Å². The predicted molar refractivity (Wildman–Crippen MR) is 131 cm³/mol. The number of nitrogens with zero attached hydrogens (tertiary/aromatic N) is 3. The first kappa shape index (κ1) is 29.7. The Labute approximate surface area is 204 Å². The number of ether oxygens (including phenoxy) is 1. The molecule has 0 amide bonds. The second-order valence-electron chi connectivity index (χ2n) is 8.92. The number of hydrogen-bond acceptors (Lipinski definition) is 4. The van der Waals surface area contributed by atoms with E-state index in [9.17, 15) is 13.2 Å². The van der Waals surface area contributed by atoms with Gasteiger partial charge in [-0.2, -0.15) is 18.3 Å². The van der Waals surface area contributed by atoms with E-state index in [1.165, 1.54) is 11.6 Å². The lowest BCUT2D eigenvalue weighted by molar-refractivity contribution is -0.122. The zero-order chi connectivity index (χ0) is 26.8. The summed E-state index contributed by atoms with van der Waals surface area (Å²) in [6, 6.07) is 6.23. The monoisotopic (exact) mass is 493 g/mol. The molecule has 0 atom stereocenters. The summed E-state index contributed by atoms with van der Waals surface area (Å²) in [5, 5.41) is 11.2. The largest absolute Gasteiger partial charge is 0.488 e. The van der Waals surface area contributed by atoms with Crippen LogP contribution < -0.4 is 4.74 Å². The third-order valence-electron chi connectivity index (χ3n) is 4.79. The molecule has 0 radical (unpaired) electrons. The van der Waals surface area contributed by atoms with Crippen molar-refractivity contribution in [1.29, 1.82) is 0 Å². The molecular weight excluding hydrogens is 459 g/mol. The Morgan fingerprint density at radius 2 is 1.83 bits per heavy atom. The van der Waals surface area contributed by atoms with Gasteiger partial charge in [-0.3, -0.25) is 9.48 Å². The molecule has 0 bridgehead atoms. The Morgan fingerprint density at radius 3 is 2.34 bits per heavy atom. The van der Waals surface area contributed by atoms with Crippen molar-refractivity contribution in [3.63, 3.8) is 0 Å². The van der Waals surface area contributed by atoms with Gasteiger partial charge in [0.2, 0.25) is 0 Å². The maximum atomic E-state index is 12.8. The molecule has 0 aliphatic rings. The average Bonchev–Trinajstić information content (AvgIpc) is 3.10. The summed E-state index contributed by atoms with van der Waals surface area (Å²) in [6.45, 7) is 12.8. The number of halogens is 3. The van der Waals surface area contributed by atoms with Crippen molar-refractivity contribution in [2.75, 3.05) is 0 Å². The number of rotatable bonds is 8. The maximum absolute atomic E-state index is 12.8. The second-order valence-corrected chi connectivity index (χ2v) is 8.92. The molecule has 2 rings (SSSR count). The lowest BCUT2D eigenvalue weighted by atomic mass is 10.0. The van der Waals surface area contributed by atoms with E-state index in [0.717, 1.165) is 42.1 Å². The van der Waals surface area contributed by atoms with Crippen molar-refractivity contribution >= 4 is 12.0 Å². The van der Waals surface area contributed by atoms with Gasteiger partial charge in [-0.05, 0) is 76.3 Å². The van der Waals surface area contributed by atoms with Crippen molar-refractivity contribution in [2.45, 2.75) is 65.7 Å². The molecule has 35 heavy (non-hydrogen) atoms. The molecule has 0 saturated heterocycles. The molecule has 1 aromatic heterocycles. The second kappa shape index (κ2) is 12.9. The van der Waals surface area contributed by atoms with Gasteiger partial charge in [0.15, 0.2) is 5.82 Å². The van der Waals surface area contributed by atoms with Gasteiger partial charge in [0, 0.05) is 13.5 Å². The van der Waals surface area contributed by atoms with Crippen molar-refractivity contribution in [1.82, 2.24) is 14.8 Å². The Hall–Kier alpha value is -3.36. The van der Waals surface area contributed by atoms with Gasteiger partial charge in [0.1, 0.15) is 17.2 Å². The van der Waals surface area contributed by atoms with Gasteiger partial charge in [0.25, 0.3) is 6.47 Å². The van der Waals surface area contributed by atoms with Crippen molar-refractivity contribution in [2.24, 2.45) is 7.05 Å². The Morgan fingerprint density at radius 1 is 1.20 bits per heavy atom. The number of hydrogen-bond donors (Lipinski definition) is 1. The predicted octanol–water partition coefficient (Wildman–Crippen LogP) is 6.25. The quantitative estimate of drug-likeness (QED) is 0.347. The highest BCUT2D eigenvalue weighted by Crippen LogP contribution is 2.27. The Balaban J connectivity index is 0.00000194. The zero-order valence-corrected chi connectivity index (χ0v) is 21.1. The fourth-order valence-corrected chi connectivity index (χ4v) is 3.13. The number of benzene rings is 1. The van der Waals surface area contributed by atoms with E-state index >= 15 is 0 Å². The lowest BCUT2D eigenvalue weighted by Gasteiger charge is -2.23. The van der Waals surface area contributed by atoms with Crippen molar-refractivity contribution in [3.05, 3.63) is 71.4 Å². The molecule has 192 valence electrons. The number of alkyl halides is 3. The van der Waals surface area contributed by atoms with Gasteiger partial charge < -0.3 is 9.84 Å². The SMILES string of the molecule is C=C/C(=C\C=C(/C)c1nc(CCCc2ccc(OC(C)(C)C)c(C)c2)n(C)n1)C(F)(F)F.O=CO. The van der Waals surface area contributed by atoms with E-state index in [1.54, 1.807) is 18.7 Å². The van der Waals surface area contributed by atoms with Gasteiger partial charge in [-0.25, -0.2) is 4.98 Å². The summed E-state index contributed by atoms with van der Waals surface area (Å²) in [6.07, 6.45) is 1.20. The standard InChI is InChI=1S/C25H32F3N3O.CH2O2/c1-8-20(25(26,27)28)14-12-17(2)23-29-22(31(7)30-23)11-9-10-19-13-15-21(18(3)16-19)32-24(4,5)6;2-1-3/h8,12-16H,1,9-11H2,2-7H3;1H,(H,2,3)/b17-12+,20-14+;. The molecule has 6 nitrogen and oxygen atoms in total. The summed E-state index contributed by atoms with van der Waals surface area (Å²) in [5.74, 6) is 2.10. The maximum Gasteiger partial charge on any atom is 0.416 e. The van der Waals surface area contributed by atoms with Crippen molar-refractivity contribution < 1.29 is 27.8 Å². The van der Waals surface area contributed by atoms with Gasteiger partial charge in [-0.15, -0.1) is 0 Å². The minimum Gasteiger partial charge on any atom is -0.488 e. The molecular formula is C26H34F3N3O3. The fraction of sp³-hybridized carbons (Fsp3) is 0.423. The van der Waals surface area contributed by atoms with Crippen LogP contribution in [0.25, 0.3) is 5.57 Å². The summed E-state index contributed by atoms with van der Waals surface area (Å²) in [7, 11) is 1.79. The minimum absolute atomic E-state index is 0.239. The molecule has 0 aliphatic carbocycles. The number of aryl methyl sites for hydroxylation is 4. The number of carboxylic acid groups (broad SMARTS) is 1. The first-order valence-corrected chi connectivity index (χ1v) is 11.1. The van der Waals surface area contributed by atoms with Crippen LogP contribution in [0.1, 0.15) is 56.9 Å². The zero-order valence-electron chi connectivity index (χ0n) is 21.1. The van der Waals surface area contributed by atoms with Gasteiger partial charge >= 0.3 is 6.18 Å². The van der Waals surface area contributed by atoms with E-state index in [-0.39, 0.29) is 12.1 Å². The molecule has 9 heteroatoms. The topological polar surface area (TPSA) is 77.2 Å². The van der Waals surface area contributed by atoms with Gasteiger partial charge in [0.05, 0.1) is 5.57 Å². The van der Waals surface area contributed by atoms with Crippen LogP contribution in [0.4, 0.5) is 13.2 Å². The van der Waals surface area contributed by atoms with Crippen LogP contribution in [0, 0.1) is 6.92 Å². The van der Waals surface area contributed by atoms with E-state index in [4.69, 9.17) is 14.6 Å². The van der Waals surface area contributed by atoms with Gasteiger partial charge in [-0.1, -0.05) is 30.9 Å². The average molecular weight is 494 g/mol. The highest BCUT2D eigenvalue weighted by atomic mass is 19.4. The lowest BCUT2D eigenvalue weighted by Crippen LogP contribution is -2.23. The third kappa shape index (κ3) is 10.2. The van der Waals surface area contributed by atoms with Crippen LogP contribution in [0.3, 0.4) is 0 Å². The summed E-state index contributed by atoms with van der Waals surface area (Å²) in [5.41, 5.74) is 1.83. The van der Waals surface area contributed by atoms with Crippen LogP contribution >= 0.6 is 0 Å². The van der Waals surface area contributed by atoms with Crippen LogP contribution in [0.2, 0.25) is 0 Å². The normalized spacial score (nSPS) is 12.6. The first-order valence-electron chi connectivity index (χ1n) is 11.1. The molecule has 1 aromatic carbocycles. The Kier molecular flexibility index (Phi) is 11.0. The highest BCUT2D eigenvalue weighted by molar-refractivity contribution is 5.59. The molecule has 0 saturated carbocycles. The molecule has 0 aliphatic heterocycles. The smallest absolute Gasteiger partial charge is 0.416 e. The van der Waals surface area contributed by atoms with Crippen LogP contribution in [-0.2, 0) is 24.7 Å². The summed E-state index contributed by atoms with van der Waals surface area (Å²) >= 11 is 0. The number of carbonyl (C=O) groups is 1. The molecule has 0 fully saturated rings. The van der Waals surface area contributed by atoms with Crippen LogP contribution in [0.15, 0.2) is 48.6 Å². The van der Waals surface area contributed by atoms with E-state index in [2.05, 4.69) is 28.8 Å². The summed E-state index contributed by atoms with van der Waals surface area (Å²) in [4.78, 5) is 12.9. The molecule has 2 aromatic rings. The highest BCUT2D eigenvalue weighted by Gasteiger charge is 2.30. The van der Waals surface area contributed by atoms with Crippen molar-refractivity contribution in [3.8, 4) is 5.75 Å². The minimum atomic E-state index is -4.43. The number of allylic oxidation sites excluding steroid dienone is 5. The molecule has 1 heterocycles. The van der Waals surface area contributed by atoms with E-state index in [0.29, 0.717) is 17.8 Å². The molecule has 1 N–H and O–H groups in total. The molecule has 0 unspecified atom stereocenters. The first-order chi connectivity index (χ1) is 16.2. The van der Waals surface area contributed by atoms with Crippen LogP contribution in [0.5, 0.6) is 5.75 Å². The Bertz CT molecular complexity index is 1060. The van der Waals surface area contributed by atoms with E-state index in [1.807, 2.05) is 33.8 Å². The molecule has 0 spiro atoms.